The number of benzene rings is 2. The van der Waals surface area contributed by atoms with Crippen molar-refractivity contribution in [2.45, 2.75) is 82.1 Å². The van der Waals surface area contributed by atoms with Gasteiger partial charge in [0, 0.05) is 29.1 Å². The van der Waals surface area contributed by atoms with Gasteiger partial charge < -0.3 is 19.3 Å². The number of carboxylic acid groups (broad SMARTS) is 1. The molecular formula is C30H29Cl2FN2O4. The fourth-order valence-corrected chi connectivity index (χ4v) is 7.87. The summed E-state index contributed by atoms with van der Waals surface area (Å²) in [6, 6.07) is 9.97. The van der Waals surface area contributed by atoms with Gasteiger partial charge in [-0.15, -0.1) is 0 Å². The number of hydrogen-bond donors (Lipinski definition) is 1. The fraction of sp³-hybridized carbons (Fsp3) is 0.467. The lowest BCUT2D eigenvalue weighted by atomic mass is 9.59. The van der Waals surface area contributed by atoms with Crippen LogP contribution in [-0.4, -0.2) is 34.4 Å². The summed E-state index contributed by atoms with van der Waals surface area (Å²) in [4.78, 5) is 13.6. The number of hydrogen-bond acceptors (Lipinski definition) is 5. The number of halogens is 3. The van der Waals surface area contributed by atoms with Gasteiger partial charge >= 0.3 is 5.97 Å². The van der Waals surface area contributed by atoms with E-state index in [1.165, 1.54) is 18.2 Å². The lowest BCUT2D eigenvalue weighted by Gasteiger charge is -2.55. The summed E-state index contributed by atoms with van der Waals surface area (Å²) in [5.41, 5.74) is 3.03. The van der Waals surface area contributed by atoms with E-state index in [0.717, 1.165) is 62.7 Å². The molecule has 4 fully saturated rings. The lowest BCUT2D eigenvalue weighted by molar-refractivity contribution is -0.104. The van der Waals surface area contributed by atoms with Crippen LogP contribution in [-0.2, 0) is 11.3 Å². The third-order valence-corrected chi connectivity index (χ3v) is 9.81. The predicted octanol–water partition coefficient (Wildman–Crippen LogP) is 7.86. The Hall–Kier alpha value is -2.61. The van der Waals surface area contributed by atoms with Crippen LogP contribution in [0.15, 0.2) is 40.9 Å². The average molecular weight is 571 g/mol. The van der Waals surface area contributed by atoms with E-state index in [1.807, 2.05) is 6.07 Å². The highest BCUT2D eigenvalue weighted by Gasteiger charge is 2.54. The van der Waals surface area contributed by atoms with Crippen molar-refractivity contribution in [2.24, 2.45) is 5.41 Å². The van der Waals surface area contributed by atoms with Crippen molar-refractivity contribution in [3.05, 3.63) is 69.1 Å². The molecule has 2 unspecified atom stereocenters. The average Bonchev–Trinajstić information content (AvgIpc) is 3.59. The number of rotatable bonds is 7. The third kappa shape index (κ3) is 4.43. The minimum Gasteiger partial charge on any atom is -0.478 e. The molecular weight excluding hydrogens is 542 g/mol. The number of carbonyl (C=O) groups is 1. The van der Waals surface area contributed by atoms with E-state index in [1.54, 1.807) is 12.1 Å². The SMILES string of the molecule is O=C(O)c1ccc(F)c(N2C3CCC2CC2(CC(OCc4c(-c5c(Cl)cccc5Cl)noc4C4CC4)C2)C3)c1. The Morgan fingerprint density at radius 2 is 1.77 bits per heavy atom. The topological polar surface area (TPSA) is 75.8 Å². The molecule has 1 aromatic heterocycles. The molecule has 3 heterocycles. The second-order valence-corrected chi connectivity index (χ2v) is 12.6. The highest BCUT2D eigenvalue weighted by atomic mass is 35.5. The molecule has 0 radical (unpaired) electrons. The molecule has 204 valence electrons. The number of aromatic nitrogens is 1. The molecule has 2 saturated heterocycles. The van der Waals surface area contributed by atoms with Crippen LogP contribution < -0.4 is 4.90 Å². The molecule has 2 atom stereocenters. The molecule has 3 aromatic rings. The standard InChI is InChI=1S/C30H29Cl2FN2O4/c31-22-2-1-3-23(32)26(22)27-21(28(39-34-27)16-4-5-16)15-38-20-13-30(14-20)11-18-7-8-19(12-30)35(18)25-10-17(29(36)37)6-9-24(25)33/h1-3,6,9-10,16,18-20H,4-5,7-8,11-15H2,(H,36,37). The number of nitrogens with zero attached hydrogens (tertiary/aromatic N) is 2. The van der Waals surface area contributed by atoms with Crippen LogP contribution in [0, 0.1) is 11.2 Å². The highest BCUT2D eigenvalue weighted by molar-refractivity contribution is 6.39. The number of piperidine rings is 1. The normalized spacial score (nSPS) is 27.7. The maximum absolute atomic E-state index is 14.8. The Balaban J connectivity index is 1.05. The molecule has 2 aromatic carbocycles. The lowest BCUT2D eigenvalue weighted by Crippen LogP contribution is -2.54. The second kappa shape index (κ2) is 9.50. The van der Waals surface area contributed by atoms with Gasteiger partial charge in [0.15, 0.2) is 0 Å². The van der Waals surface area contributed by atoms with Crippen LogP contribution >= 0.6 is 23.2 Å². The van der Waals surface area contributed by atoms with Gasteiger partial charge in [0.1, 0.15) is 17.3 Å². The van der Waals surface area contributed by atoms with E-state index in [9.17, 15) is 14.3 Å². The van der Waals surface area contributed by atoms with Crippen molar-refractivity contribution in [1.29, 1.82) is 0 Å². The first kappa shape index (κ1) is 25.4. The largest absolute Gasteiger partial charge is 0.478 e. The maximum atomic E-state index is 14.8. The number of carboxylic acids is 1. The zero-order chi connectivity index (χ0) is 26.9. The summed E-state index contributed by atoms with van der Waals surface area (Å²) in [7, 11) is 0. The Morgan fingerprint density at radius 3 is 2.41 bits per heavy atom. The Labute approximate surface area is 236 Å². The number of anilines is 1. The number of fused-ring (bicyclic) bond motifs is 2. The molecule has 39 heavy (non-hydrogen) atoms. The van der Waals surface area contributed by atoms with Crippen LogP contribution in [0.4, 0.5) is 10.1 Å². The van der Waals surface area contributed by atoms with Crippen LogP contribution in [0.25, 0.3) is 11.3 Å². The molecule has 6 nitrogen and oxygen atoms in total. The molecule has 2 saturated carbocycles. The molecule has 4 aliphatic rings. The van der Waals surface area contributed by atoms with Gasteiger partial charge in [0.2, 0.25) is 0 Å². The van der Waals surface area contributed by atoms with Gasteiger partial charge in [0.05, 0.1) is 34.0 Å². The Morgan fingerprint density at radius 1 is 1.08 bits per heavy atom. The molecule has 7 rings (SSSR count). The van der Waals surface area contributed by atoms with Gasteiger partial charge in [-0.05, 0) is 87.1 Å². The van der Waals surface area contributed by atoms with Crippen LogP contribution in [0.1, 0.15) is 79.0 Å². The molecule has 1 N–H and O–H groups in total. The number of aromatic carboxylic acids is 1. The summed E-state index contributed by atoms with van der Waals surface area (Å²) in [5.74, 6) is -0.128. The summed E-state index contributed by atoms with van der Waals surface area (Å²) in [6.45, 7) is 0.402. The molecule has 2 bridgehead atoms. The van der Waals surface area contributed by atoms with Gasteiger partial charge in [-0.25, -0.2) is 9.18 Å². The van der Waals surface area contributed by atoms with Gasteiger partial charge in [-0.3, -0.25) is 0 Å². The zero-order valence-electron chi connectivity index (χ0n) is 21.3. The zero-order valence-corrected chi connectivity index (χ0v) is 22.8. The van der Waals surface area contributed by atoms with Crippen molar-refractivity contribution in [1.82, 2.24) is 5.16 Å². The van der Waals surface area contributed by atoms with Gasteiger partial charge in [0.25, 0.3) is 0 Å². The molecule has 9 heteroatoms. The van der Waals surface area contributed by atoms with Crippen LogP contribution in [0.3, 0.4) is 0 Å². The van der Waals surface area contributed by atoms with Crippen molar-refractivity contribution in [3.63, 3.8) is 0 Å². The fourth-order valence-electron chi connectivity index (χ4n) is 7.29. The smallest absolute Gasteiger partial charge is 0.335 e. The van der Waals surface area contributed by atoms with E-state index in [2.05, 4.69) is 10.1 Å². The molecule has 2 aliphatic carbocycles. The van der Waals surface area contributed by atoms with Crippen LogP contribution in [0.5, 0.6) is 0 Å². The first-order valence-corrected chi connectivity index (χ1v) is 14.4. The predicted molar refractivity (Wildman–Crippen MR) is 146 cm³/mol. The highest BCUT2D eigenvalue weighted by Crippen LogP contribution is 2.58. The minimum absolute atomic E-state index is 0.125. The first-order valence-electron chi connectivity index (χ1n) is 13.7. The van der Waals surface area contributed by atoms with E-state index < -0.39 is 5.97 Å². The van der Waals surface area contributed by atoms with E-state index in [0.29, 0.717) is 39.5 Å². The quantitative estimate of drug-likeness (QED) is 0.311. The maximum Gasteiger partial charge on any atom is 0.335 e. The van der Waals surface area contributed by atoms with Crippen LogP contribution in [0.2, 0.25) is 10.0 Å². The molecule has 1 spiro atoms. The minimum atomic E-state index is -1.03. The van der Waals surface area contributed by atoms with Crippen molar-refractivity contribution in [3.8, 4) is 11.3 Å². The monoisotopic (exact) mass is 570 g/mol. The first-order chi connectivity index (χ1) is 18.8. The second-order valence-electron chi connectivity index (χ2n) is 11.8. The summed E-state index contributed by atoms with van der Waals surface area (Å²) in [6.07, 6.45) is 8.20. The van der Waals surface area contributed by atoms with E-state index in [-0.39, 0.29) is 35.0 Å². The van der Waals surface area contributed by atoms with E-state index >= 15 is 0 Å². The third-order valence-electron chi connectivity index (χ3n) is 9.18. The Bertz CT molecular complexity index is 1410. The molecule has 2 aliphatic heterocycles. The van der Waals surface area contributed by atoms with Crippen molar-refractivity contribution < 1.29 is 23.6 Å². The number of ether oxygens (including phenoxy) is 1. The van der Waals surface area contributed by atoms with Crippen molar-refractivity contribution >= 4 is 34.9 Å². The summed E-state index contributed by atoms with van der Waals surface area (Å²) >= 11 is 13.0. The van der Waals surface area contributed by atoms with Crippen molar-refractivity contribution in [2.75, 3.05) is 4.90 Å². The van der Waals surface area contributed by atoms with E-state index in [4.69, 9.17) is 32.5 Å². The van der Waals surface area contributed by atoms with Gasteiger partial charge in [-0.2, -0.15) is 0 Å². The summed E-state index contributed by atoms with van der Waals surface area (Å²) in [5, 5.41) is 14.8. The Kier molecular flexibility index (Phi) is 6.18. The molecule has 0 amide bonds. The summed E-state index contributed by atoms with van der Waals surface area (Å²) < 4.78 is 27.0. The van der Waals surface area contributed by atoms with Gasteiger partial charge in [-0.1, -0.05) is 34.4 Å².